The molecule has 100 valence electrons. The second kappa shape index (κ2) is 4.38. The number of carbonyl (C=O) groups is 2. The lowest BCUT2D eigenvalue weighted by Crippen LogP contribution is -2.31. The Morgan fingerprint density at radius 2 is 2.00 bits per heavy atom. The summed E-state index contributed by atoms with van der Waals surface area (Å²) in [7, 11) is 0. The number of anilines is 1. The number of furan rings is 1. The third-order valence-corrected chi connectivity index (χ3v) is 3.18. The smallest absolute Gasteiger partial charge is 0.269 e. The lowest BCUT2D eigenvalue weighted by atomic mass is 10.0. The first-order valence-corrected chi connectivity index (χ1v) is 6.01. The summed E-state index contributed by atoms with van der Waals surface area (Å²) in [5.41, 5.74) is 1.52. The van der Waals surface area contributed by atoms with Crippen molar-refractivity contribution in [2.75, 3.05) is 4.90 Å². The van der Waals surface area contributed by atoms with E-state index in [4.69, 9.17) is 4.42 Å². The number of nitrogens with zero attached hydrogens (tertiary/aromatic N) is 1. The summed E-state index contributed by atoms with van der Waals surface area (Å²) in [5, 5.41) is 10.3. The standard InChI is InChI=1S/C15H11NO4/c1-9(17)16-12-5-3-2-4-11(12)13(15(16)19)14(18)10-6-7-20-8-10/h2-8,18H,1H3. The van der Waals surface area contributed by atoms with E-state index in [1.54, 1.807) is 30.3 Å². The minimum Gasteiger partial charge on any atom is -0.506 e. The number of fused-ring (bicyclic) bond motifs is 1. The number of hydrogen-bond donors (Lipinski definition) is 1. The number of para-hydroxylation sites is 1. The van der Waals surface area contributed by atoms with Gasteiger partial charge < -0.3 is 9.52 Å². The van der Waals surface area contributed by atoms with Crippen LogP contribution in [0.2, 0.25) is 0 Å². The van der Waals surface area contributed by atoms with Crippen LogP contribution in [0.5, 0.6) is 0 Å². The molecule has 0 fully saturated rings. The number of aliphatic hydroxyl groups excluding tert-OH is 1. The zero-order valence-electron chi connectivity index (χ0n) is 10.7. The molecule has 1 aromatic heterocycles. The fourth-order valence-corrected chi connectivity index (χ4v) is 2.30. The van der Waals surface area contributed by atoms with Crippen molar-refractivity contribution in [3.05, 3.63) is 54.0 Å². The van der Waals surface area contributed by atoms with Crippen molar-refractivity contribution in [2.24, 2.45) is 0 Å². The van der Waals surface area contributed by atoms with Crippen molar-refractivity contribution in [1.29, 1.82) is 0 Å². The molecule has 2 aromatic rings. The predicted octanol–water partition coefficient (Wildman–Crippen LogP) is 2.60. The zero-order chi connectivity index (χ0) is 14.3. The van der Waals surface area contributed by atoms with Crippen LogP contribution in [0.4, 0.5) is 5.69 Å². The molecule has 0 atom stereocenters. The second-order valence-corrected chi connectivity index (χ2v) is 4.41. The number of benzene rings is 1. The summed E-state index contributed by atoms with van der Waals surface area (Å²) in [6.45, 7) is 1.31. The Kier molecular flexibility index (Phi) is 2.68. The SMILES string of the molecule is CC(=O)N1C(=O)C(=C(O)c2ccoc2)c2ccccc21. The highest BCUT2D eigenvalue weighted by Crippen LogP contribution is 2.39. The van der Waals surface area contributed by atoms with Gasteiger partial charge in [0.2, 0.25) is 5.91 Å². The van der Waals surface area contributed by atoms with Crippen LogP contribution in [0.25, 0.3) is 11.3 Å². The Labute approximate surface area is 114 Å². The molecule has 0 saturated carbocycles. The van der Waals surface area contributed by atoms with Crippen molar-refractivity contribution in [2.45, 2.75) is 6.92 Å². The molecule has 0 radical (unpaired) electrons. The van der Waals surface area contributed by atoms with E-state index in [1.807, 2.05) is 0 Å². The van der Waals surface area contributed by atoms with Gasteiger partial charge in [0.1, 0.15) is 12.0 Å². The van der Waals surface area contributed by atoms with Crippen LogP contribution in [-0.2, 0) is 9.59 Å². The highest BCUT2D eigenvalue weighted by molar-refractivity contribution is 6.42. The topological polar surface area (TPSA) is 70.8 Å². The van der Waals surface area contributed by atoms with Gasteiger partial charge in [-0.2, -0.15) is 0 Å². The number of carbonyl (C=O) groups excluding carboxylic acids is 2. The average Bonchev–Trinajstić information content (AvgIpc) is 3.02. The highest BCUT2D eigenvalue weighted by Gasteiger charge is 2.37. The van der Waals surface area contributed by atoms with Gasteiger partial charge in [-0.25, -0.2) is 4.90 Å². The maximum absolute atomic E-state index is 12.4. The first kappa shape index (κ1) is 12.2. The van der Waals surface area contributed by atoms with Crippen LogP contribution in [-0.4, -0.2) is 16.9 Å². The first-order chi connectivity index (χ1) is 9.61. The first-order valence-electron chi connectivity index (χ1n) is 6.01. The molecule has 2 amide bonds. The third-order valence-electron chi connectivity index (χ3n) is 3.18. The Bertz CT molecular complexity index is 728. The van der Waals surface area contributed by atoms with E-state index in [-0.39, 0.29) is 11.3 Å². The second-order valence-electron chi connectivity index (χ2n) is 4.41. The third kappa shape index (κ3) is 1.64. The summed E-state index contributed by atoms with van der Waals surface area (Å²) in [6, 6.07) is 8.40. The lowest BCUT2D eigenvalue weighted by molar-refractivity contribution is -0.122. The molecular formula is C15H11NO4. The van der Waals surface area contributed by atoms with E-state index in [9.17, 15) is 14.7 Å². The fraction of sp³-hybridized carbons (Fsp3) is 0.0667. The van der Waals surface area contributed by atoms with Crippen molar-refractivity contribution in [1.82, 2.24) is 0 Å². The number of amides is 2. The lowest BCUT2D eigenvalue weighted by Gasteiger charge is -2.11. The largest absolute Gasteiger partial charge is 0.506 e. The Morgan fingerprint density at radius 1 is 1.25 bits per heavy atom. The highest BCUT2D eigenvalue weighted by atomic mass is 16.3. The van der Waals surface area contributed by atoms with E-state index in [2.05, 4.69) is 0 Å². The van der Waals surface area contributed by atoms with Gasteiger partial charge in [0.05, 0.1) is 23.1 Å². The molecule has 20 heavy (non-hydrogen) atoms. The summed E-state index contributed by atoms with van der Waals surface area (Å²) in [6.07, 6.45) is 2.74. The molecular weight excluding hydrogens is 258 g/mol. The Hall–Kier alpha value is -2.82. The minimum atomic E-state index is -0.530. The Balaban J connectivity index is 2.26. The number of aliphatic hydroxyl groups is 1. The normalized spacial score (nSPS) is 16.2. The van der Waals surface area contributed by atoms with E-state index >= 15 is 0 Å². The molecule has 2 heterocycles. The maximum Gasteiger partial charge on any atom is 0.269 e. The van der Waals surface area contributed by atoms with Gasteiger partial charge in [-0.05, 0) is 12.1 Å². The van der Waals surface area contributed by atoms with Gasteiger partial charge in [-0.3, -0.25) is 9.59 Å². The fourth-order valence-electron chi connectivity index (χ4n) is 2.30. The van der Waals surface area contributed by atoms with Gasteiger partial charge in [0.15, 0.2) is 0 Å². The minimum absolute atomic E-state index is 0.109. The monoisotopic (exact) mass is 269 g/mol. The van der Waals surface area contributed by atoms with Crippen molar-refractivity contribution in [3.63, 3.8) is 0 Å². The Morgan fingerprint density at radius 3 is 2.65 bits per heavy atom. The molecule has 0 aliphatic carbocycles. The number of rotatable bonds is 1. The maximum atomic E-state index is 12.4. The molecule has 1 aromatic carbocycles. The quantitative estimate of drug-likeness (QED) is 0.638. The van der Waals surface area contributed by atoms with Gasteiger partial charge in [-0.15, -0.1) is 0 Å². The summed E-state index contributed by atoms with van der Waals surface area (Å²) in [4.78, 5) is 25.1. The molecule has 0 bridgehead atoms. The summed E-state index contributed by atoms with van der Waals surface area (Å²) < 4.78 is 4.91. The van der Waals surface area contributed by atoms with E-state index in [1.165, 1.54) is 19.5 Å². The molecule has 0 saturated heterocycles. The molecule has 5 heteroatoms. The molecule has 0 unspecified atom stereocenters. The van der Waals surface area contributed by atoms with Crippen LogP contribution in [0.1, 0.15) is 18.1 Å². The van der Waals surface area contributed by atoms with Crippen molar-refractivity contribution < 1.29 is 19.1 Å². The van der Waals surface area contributed by atoms with Gasteiger partial charge in [-0.1, -0.05) is 18.2 Å². The van der Waals surface area contributed by atoms with Crippen LogP contribution >= 0.6 is 0 Å². The van der Waals surface area contributed by atoms with Gasteiger partial charge >= 0.3 is 0 Å². The molecule has 1 aliphatic heterocycles. The van der Waals surface area contributed by atoms with E-state index < -0.39 is 11.8 Å². The van der Waals surface area contributed by atoms with E-state index in [0.717, 1.165) is 4.90 Å². The average molecular weight is 269 g/mol. The molecule has 0 spiro atoms. The van der Waals surface area contributed by atoms with Crippen LogP contribution in [0.3, 0.4) is 0 Å². The van der Waals surface area contributed by atoms with Crippen LogP contribution < -0.4 is 4.90 Å². The molecule has 5 nitrogen and oxygen atoms in total. The van der Waals surface area contributed by atoms with Gasteiger partial charge in [0, 0.05) is 12.5 Å². The molecule has 1 aliphatic rings. The van der Waals surface area contributed by atoms with Crippen molar-refractivity contribution >= 4 is 28.8 Å². The van der Waals surface area contributed by atoms with Gasteiger partial charge in [0.25, 0.3) is 5.91 Å². The van der Waals surface area contributed by atoms with E-state index in [0.29, 0.717) is 16.8 Å². The molecule has 1 N–H and O–H groups in total. The zero-order valence-corrected chi connectivity index (χ0v) is 10.7. The summed E-state index contributed by atoms with van der Waals surface area (Å²) >= 11 is 0. The summed E-state index contributed by atoms with van der Waals surface area (Å²) in [5.74, 6) is -1.12. The van der Waals surface area contributed by atoms with Crippen LogP contribution in [0.15, 0.2) is 47.3 Å². The molecule has 3 rings (SSSR count). The van der Waals surface area contributed by atoms with Crippen molar-refractivity contribution in [3.8, 4) is 0 Å². The predicted molar refractivity (Wildman–Crippen MR) is 72.8 cm³/mol. The number of hydrogen-bond acceptors (Lipinski definition) is 4. The van der Waals surface area contributed by atoms with Crippen LogP contribution in [0, 0.1) is 0 Å². The number of imide groups is 1.